The van der Waals surface area contributed by atoms with Crippen LogP contribution in [0, 0.1) is 0 Å². The van der Waals surface area contributed by atoms with E-state index in [0.717, 1.165) is 11.0 Å². The van der Waals surface area contributed by atoms with E-state index in [2.05, 4.69) is 40.2 Å². The number of amides is 1. The van der Waals surface area contributed by atoms with Crippen LogP contribution in [0.3, 0.4) is 0 Å². The summed E-state index contributed by atoms with van der Waals surface area (Å²) in [5.41, 5.74) is 0.874. The molecule has 0 bridgehead atoms. The Morgan fingerprint density at radius 2 is 2.17 bits per heavy atom. The van der Waals surface area contributed by atoms with Gasteiger partial charge < -0.3 is 10.2 Å². The van der Waals surface area contributed by atoms with Gasteiger partial charge in [0.2, 0.25) is 0 Å². The van der Waals surface area contributed by atoms with Gasteiger partial charge in [0.05, 0.1) is 0 Å². The lowest BCUT2D eigenvalue weighted by Crippen LogP contribution is -2.57. The van der Waals surface area contributed by atoms with Crippen molar-refractivity contribution in [3.05, 3.63) is 34.3 Å². The zero-order valence-corrected chi connectivity index (χ0v) is 12.5. The third kappa shape index (κ3) is 2.75. The van der Waals surface area contributed by atoms with Crippen LogP contribution in [0.2, 0.25) is 0 Å². The molecule has 98 valence electrons. The van der Waals surface area contributed by atoms with E-state index in [1.165, 1.54) is 19.3 Å². The molecule has 0 aliphatic heterocycles. The Morgan fingerprint density at radius 3 is 2.67 bits per heavy atom. The molecule has 1 aliphatic rings. The van der Waals surface area contributed by atoms with Gasteiger partial charge in [0.15, 0.2) is 0 Å². The van der Waals surface area contributed by atoms with Gasteiger partial charge in [0.25, 0.3) is 5.91 Å². The molecule has 1 amide bonds. The van der Waals surface area contributed by atoms with Gasteiger partial charge in [-0.1, -0.05) is 22.0 Å². The van der Waals surface area contributed by atoms with Gasteiger partial charge in [-0.2, -0.15) is 0 Å². The summed E-state index contributed by atoms with van der Waals surface area (Å²) in [6, 6.07) is 7.48. The number of halogens is 1. The molecule has 0 heterocycles. The number of carbonyl (C=O) groups is 1. The Morgan fingerprint density at radius 1 is 1.44 bits per heavy atom. The summed E-state index contributed by atoms with van der Waals surface area (Å²) >= 11 is 3.38. The third-order valence-electron chi connectivity index (χ3n) is 3.90. The van der Waals surface area contributed by atoms with Crippen molar-refractivity contribution >= 4 is 21.8 Å². The first-order chi connectivity index (χ1) is 8.53. The molecule has 0 unspecified atom stereocenters. The molecule has 2 rings (SSSR count). The van der Waals surface area contributed by atoms with Crippen molar-refractivity contribution in [2.24, 2.45) is 0 Å². The second-order valence-electron chi connectivity index (χ2n) is 5.17. The van der Waals surface area contributed by atoms with Crippen molar-refractivity contribution in [1.82, 2.24) is 10.2 Å². The first-order valence-electron chi connectivity index (χ1n) is 6.25. The molecule has 1 fully saturated rings. The topological polar surface area (TPSA) is 32.3 Å². The lowest BCUT2D eigenvalue weighted by atomic mass is 9.75. The SMILES string of the molecule is CN(C)C1(CNC(=O)c2cccc(Br)c2)CCC1. The fraction of sp³-hybridized carbons (Fsp3) is 0.500. The highest BCUT2D eigenvalue weighted by Crippen LogP contribution is 2.35. The maximum absolute atomic E-state index is 12.1. The van der Waals surface area contributed by atoms with Crippen LogP contribution in [-0.2, 0) is 0 Å². The van der Waals surface area contributed by atoms with E-state index in [0.29, 0.717) is 5.56 Å². The van der Waals surface area contributed by atoms with Gasteiger partial charge in [-0.3, -0.25) is 4.79 Å². The molecule has 1 aromatic rings. The van der Waals surface area contributed by atoms with Crippen LogP contribution in [0.1, 0.15) is 29.6 Å². The quantitative estimate of drug-likeness (QED) is 0.927. The van der Waals surface area contributed by atoms with Crippen LogP contribution in [-0.4, -0.2) is 37.0 Å². The average Bonchev–Trinajstić information content (AvgIpc) is 2.26. The Labute approximate surface area is 117 Å². The number of carbonyl (C=O) groups excluding carboxylic acids is 1. The first-order valence-corrected chi connectivity index (χ1v) is 7.04. The predicted molar refractivity (Wildman–Crippen MR) is 76.7 cm³/mol. The number of likely N-dealkylation sites (N-methyl/N-ethyl adjacent to an activating group) is 1. The smallest absolute Gasteiger partial charge is 0.251 e. The molecule has 1 aromatic carbocycles. The minimum absolute atomic E-state index is 0.00410. The van der Waals surface area contributed by atoms with Crippen molar-refractivity contribution in [3.8, 4) is 0 Å². The molecule has 0 radical (unpaired) electrons. The summed E-state index contributed by atoms with van der Waals surface area (Å²) in [6.45, 7) is 0.728. The average molecular weight is 311 g/mol. The second kappa shape index (κ2) is 5.41. The van der Waals surface area contributed by atoms with E-state index in [1.807, 2.05) is 24.3 Å². The van der Waals surface area contributed by atoms with E-state index in [4.69, 9.17) is 0 Å². The number of hydrogen-bond donors (Lipinski definition) is 1. The van der Waals surface area contributed by atoms with Crippen LogP contribution < -0.4 is 5.32 Å². The summed E-state index contributed by atoms with van der Waals surface area (Å²) < 4.78 is 0.932. The maximum Gasteiger partial charge on any atom is 0.251 e. The van der Waals surface area contributed by atoms with Crippen molar-refractivity contribution in [2.45, 2.75) is 24.8 Å². The lowest BCUT2D eigenvalue weighted by Gasteiger charge is -2.47. The van der Waals surface area contributed by atoms with Crippen molar-refractivity contribution in [2.75, 3.05) is 20.6 Å². The van der Waals surface area contributed by atoms with E-state index in [-0.39, 0.29) is 11.4 Å². The molecule has 0 spiro atoms. The van der Waals surface area contributed by atoms with E-state index < -0.39 is 0 Å². The van der Waals surface area contributed by atoms with Crippen LogP contribution in [0.4, 0.5) is 0 Å². The minimum Gasteiger partial charge on any atom is -0.350 e. The highest BCUT2D eigenvalue weighted by molar-refractivity contribution is 9.10. The lowest BCUT2D eigenvalue weighted by molar-refractivity contribution is 0.0557. The van der Waals surface area contributed by atoms with Crippen LogP contribution in [0.25, 0.3) is 0 Å². The highest BCUT2D eigenvalue weighted by Gasteiger charge is 2.39. The van der Waals surface area contributed by atoms with Gasteiger partial charge in [0.1, 0.15) is 0 Å². The summed E-state index contributed by atoms with van der Waals surface area (Å²) in [4.78, 5) is 14.3. The second-order valence-corrected chi connectivity index (χ2v) is 6.08. The molecule has 4 heteroatoms. The van der Waals surface area contributed by atoms with E-state index in [1.54, 1.807) is 0 Å². The highest BCUT2D eigenvalue weighted by atomic mass is 79.9. The fourth-order valence-corrected chi connectivity index (χ4v) is 2.74. The Bertz CT molecular complexity index is 441. The molecule has 0 atom stereocenters. The minimum atomic E-state index is 0.00410. The number of rotatable bonds is 4. The standard InChI is InChI=1S/C14H19BrN2O/c1-17(2)14(7-4-8-14)10-16-13(18)11-5-3-6-12(15)9-11/h3,5-6,9H,4,7-8,10H2,1-2H3,(H,16,18). The summed E-state index contributed by atoms with van der Waals surface area (Å²) in [7, 11) is 4.18. The molecule has 1 N–H and O–H groups in total. The predicted octanol–water partition coefficient (Wildman–Crippen LogP) is 2.66. The zero-order valence-electron chi connectivity index (χ0n) is 10.9. The Balaban J connectivity index is 1.96. The summed E-state index contributed by atoms with van der Waals surface area (Å²) in [5, 5.41) is 3.05. The molecule has 0 saturated heterocycles. The molecule has 1 aliphatic carbocycles. The fourth-order valence-electron chi connectivity index (χ4n) is 2.34. The van der Waals surface area contributed by atoms with Crippen LogP contribution in [0.5, 0.6) is 0 Å². The molecule has 3 nitrogen and oxygen atoms in total. The van der Waals surface area contributed by atoms with Gasteiger partial charge in [0, 0.05) is 22.1 Å². The number of benzene rings is 1. The monoisotopic (exact) mass is 310 g/mol. The third-order valence-corrected chi connectivity index (χ3v) is 4.39. The number of hydrogen-bond acceptors (Lipinski definition) is 2. The van der Waals surface area contributed by atoms with Crippen molar-refractivity contribution in [3.63, 3.8) is 0 Å². The molecule has 1 saturated carbocycles. The summed E-state index contributed by atoms with van der Waals surface area (Å²) in [5.74, 6) is 0.00410. The number of nitrogens with zero attached hydrogens (tertiary/aromatic N) is 1. The van der Waals surface area contributed by atoms with Crippen molar-refractivity contribution < 1.29 is 4.79 Å². The number of nitrogens with one attached hydrogen (secondary N) is 1. The van der Waals surface area contributed by atoms with Crippen molar-refractivity contribution in [1.29, 1.82) is 0 Å². The van der Waals surface area contributed by atoms with E-state index >= 15 is 0 Å². The van der Waals surface area contributed by atoms with Gasteiger partial charge in [-0.25, -0.2) is 0 Å². The Hall–Kier alpha value is -0.870. The normalized spacial score (nSPS) is 17.3. The first kappa shape index (κ1) is 13.6. The maximum atomic E-state index is 12.1. The van der Waals surface area contributed by atoms with E-state index in [9.17, 15) is 4.79 Å². The van der Waals surface area contributed by atoms with Gasteiger partial charge in [-0.05, 0) is 51.6 Å². The molecular weight excluding hydrogens is 292 g/mol. The van der Waals surface area contributed by atoms with Crippen LogP contribution >= 0.6 is 15.9 Å². The molecule has 0 aromatic heterocycles. The largest absolute Gasteiger partial charge is 0.350 e. The molecular formula is C14H19BrN2O. The molecule has 18 heavy (non-hydrogen) atoms. The van der Waals surface area contributed by atoms with Gasteiger partial charge >= 0.3 is 0 Å². The Kier molecular flexibility index (Phi) is 4.07. The van der Waals surface area contributed by atoms with Gasteiger partial charge in [-0.15, -0.1) is 0 Å². The zero-order chi connectivity index (χ0) is 13.2. The summed E-state index contributed by atoms with van der Waals surface area (Å²) in [6.07, 6.45) is 3.59. The van der Waals surface area contributed by atoms with Crippen LogP contribution in [0.15, 0.2) is 28.7 Å².